The minimum Gasteiger partial charge on any atom is -0.372 e. The Kier molecular flexibility index (Phi) is 4.31. The van der Waals surface area contributed by atoms with Crippen molar-refractivity contribution in [2.45, 2.75) is 18.9 Å². The lowest BCUT2D eigenvalue weighted by atomic mass is 10.0. The number of amides is 1. The molecule has 0 aliphatic carbocycles. The second kappa shape index (κ2) is 5.97. The summed E-state index contributed by atoms with van der Waals surface area (Å²) >= 11 is 0. The molecule has 2 N–H and O–H groups in total. The van der Waals surface area contributed by atoms with Gasteiger partial charge in [0.15, 0.2) is 0 Å². The molecule has 1 saturated heterocycles. The number of pyridine rings is 1. The van der Waals surface area contributed by atoms with Gasteiger partial charge in [-0.3, -0.25) is 4.79 Å². The fraction of sp³-hybridized carbons (Fsp3) is 0.538. The number of aromatic nitrogens is 1. The van der Waals surface area contributed by atoms with E-state index in [1.54, 1.807) is 7.05 Å². The molecule has 0 bridgehead atoms. The number of carbonyl (C=O) groups excluding carboxylic acids is 1. The summed E-state index contributed by atoms with van der Waals surface area (Å²) < 4.78 is 13.2. The van der Waals surface area contributed by atoms with Crippen LogP contribution in [0.1, 0.15) is 23.2 Å². The Hall–Kier alpha value is -1.69. The van der Waals surface area contributed by atoms with Crippen molar-refractivity contribution in [3.8, 4) is 0 Å². The number of hydrogen-bond acceptors (Lipinski definition) is 4. The summed E-state index contributed by atoms with van der Waals surface area (Å²) in [6.07, 6.45) is 2.93. The van der Waals surface area contributed by atoms with E-state index in [-0.39, 0.29) is 17.5 Å². The highest BCUT2D eigenvalue weighted by atomic mass is 19.1. The second-order valence-electron chi connectivity index (χ2n) is 4.85. The van der Waals surface area contributed by atoms with Crippen LogP contribution in [0.15, 0.2) is 12.3 Å². The third-order valence-corrected chi connectivity index (χ3v) is 3.39. The Morgan fingerprint density at radius 3 is 2.79 bits per heavy atom. The summed E-state index contributed by atoms with van der Waals surface area (Å²) in [5, 5.41) is 5.75. The van der Waals surface area contributed by atoms with E-state index in [0.29, 0.717) is 5.82 Å². The Balaban J connectivity index is 2.05. The quantitative estimate of drug-likeness (QED) is 0.860. The number of likely N-dealkylation sites (tertiary alicyclic amines) is 1. The summed E-state index contributed by atoms with van der Waals surface area (Å²) in [7, 11) is 3.72. The molecule has 1 amide bonds. The van der Waals surface area contributed by atoms with E-state index < -0.39 is 5.82 Å². The number of hydrogen-bond donors (Lipinski definition) is 2. The molecule has 0 unspecified atom stereocenters. The van der Waals surface area contributed by atoms with E-state index in [0.717, 1.165) is 32.1 Å². The van der Waals surface area contributed by atoms with Crippen LogP contribution in [-0.4, -0.2) is 49.0 Å². The van der Waals surface area contributed by atoms with Crippen molar-refractivity contribution >= 4 is 11.7 Å². The van der Waals surface area contributed by atoms with Gasteiger partial charge in [0.2, 0.25) is 0 Å². The van der Waals surface area contributed by atoms with Gasteiger partial charge >= 0.3 is 0 Å². The Morgan fingerprint density at radius 1 is 1.47 bits per heavy atom. The van der Waals surface area contributed by atoms with Gasteiger partial charge in [-0.05, 0) is 39.0 Å². The minimum atomic E-state index is -0.507. The molecular weight excluding hydrogens is 247 g/mol. The van der Waals surface area contributed by atoms with Gasteiger partial charge in [0.1, 0.15) is 11.6 Å². The van der Waals surface area contributed by atoms with Gasteiger partial charge in [0.05, 0.1) is 11.8 Å². The first-order valence-electron chi connectivity index (χ1n) is 6.43. The van der Waals surface area contributed by atoms with Crippen LogP contribution < -0.4 is 10.6 Å². The largest absolute Gasteiger partial charge is 0.372 e. The number of halogens is 1. The van der Waals surface area contributed by atoms with E-state index in [2.05, 4.69) is 27.6 Å². The number of piperidine rings is 1. The van der Waals surface area contributed by atoms with Crippen molar-refractivity contribution in [3.63, 3.8) is 0 Å². The lowest BCUT2D eigenvalue weighted by Crippen LogP contribution is -2.43. The summed E-state index contributed by atoms with van der Waals surface area (Å²) in [5.41, 5.74) is 0.251. The maximum atomic E-state index is 13.2. The van der Waals surface area contributed by atoms with Crippen molar-refractivity contribution in [3.05, 3.63) is 23.6 Å². The number of nitrogens with zero attached hydrogens (tertiary/aromatic N) is 2. The average Bonchev–Trinajstić information content (AvgIpc) is 2.41. The molecule has 1 fully saturated rings. The van der Waals surface area contributed by atoms with Crippen molar-refractivity contribution in [1.82, 2.24) is 15.2 Å². The molecule has 1 aliphatic rings. The molecule has 5 nitrogen and oxygen atoms in total. The maximum Gasteiger partial charge on any atom is 0.255 e. The van der Waals surface area contributed by atoms with Crippen LogP contribution in [-0.2, 0) is 0 Å². The first-order chi connectivity index (χ1) is 9.10. The van der Waals surface area contributed by atoms with Gasteiger partial charge in [0.25, 0.3) is 5.91 Å². The predicted molar refractivity (Wildman–Crippen MR) is 71.7 cm³/mol. The van der Waals surface area contributed by atoms with Gasteiger partial charge in [-0.2, -0.15) is 0 Å². The normalized spacial score (nSPS) is 17.2. The molecule has 19 heavy (non-hydrogen) atoms. The fourth-order valence-corrected chi connectivity index (χ4v) is 2.23. The highest BCUT2D eigenvalue weighted by molar-refractivity contribution is 5.98. The van der Waals surface area contributed by atoms with Gasteiger partial charge in [-0.15, -0.1) is 0 Å². The molecule has 2 heterocycles. The summed E-state index contributed by atoms with van der Waals surface area (Å²) in [6, 6.07) is 1.36. The minimum absolute atomic E-state index is 0.150. The SMILES string of the molecule is CNc1ncc(F)cc1C(=O)NC1CCN(C)CC1. The molecule has 6 heteroatoms. The predicted octanol–water partition coefficient (Wildman–Crippen LogP) is 1.09. The number of nitrogens with one attached hydrogen (secondary N) is 2. The molecule has 1 aromatic heterocycles. The van der Waals surface area contributed by atoms with Gasteiger partial charge in [-0.1, -0.05) is 0 Å². The van der Waals surface area contributed by atoms with Crippen LogP contribution in [0.4, 0.5) is 10.2 Å². The zero-order valence-corrected chi connectivity index (χ0v) is 11.2. The average molecular weight is 266 g/mol. The highest BCUT2D eigenvalue weighted by Crippen LogP contribution is 2.15. The summed E-state index contributed by atoms with van der Waals surface area (Å²) in [5.74, 6) is -0.384. The standard InChI is InChI=1S/C13H19FN4O/c1-15-12-11(7-9(14)8-16-12)13(19)17-10-3-5-18(2)6-4-10/h7-8,10H,3-6H2,1-2H3,(H,15,16)(H,17,19). The smallest absolute Gasteiger partial charge is 0.255 e. The maximum absolute atomic E-state index is 13.2. The van der Waals surface area contributed by atoms with Crippen molar-refractivity contribution in [2.24, 2.45) is 0 Å². The van der Waals surface area contributed by atoms with Crippen LogP contribution in [0, 0.1) is 5.82 Å². The van der Waals surface area contributed by atoms with Crippen molar-refractivity contribution in [2.75, 3.05) is 32.5 Å². The zero-order chi connectivity index (χ0) is 13.8. The molecule has 0 spiro atoms. The zero-order valence-electron chi connectivity index (χ0n) is 11.2. The third-order valence-electron chi connectivity index (χ3n) is 3.39. The van der Waals surface area contributed by atoms with Crippen molar-refractivity contribution < 1.29 is 9.18 Å². The molecule has 2 rings (SSSR count). The number of rotatable bonds is 3. The lowest BCUT2D eigenvalue weighted by molar-refractivity contribution is 0.0917. The topological polar surface area (TPSA) is 57.3 Å². The summed E-state index contributed by atoms with van der Waals surface area (Å²) in [4.78, 5) is 18.3. The fourth-order valence-electron chi connectivity index (χ4n) is 2.23. The molecular formula is C13H19FN4O. The van der Waals surface area contributed by atoms with Gasteiger partial charge in [-0.25, -0.2) is 9.37 Å². The van der Waals surface area contributed by atoms with E-state index in [1.165, 1.54) is 6.07 Å². The molecule has 0 atom stereocenters. The van der Waals surface area contributed by atoms with Crippen LogP contribution in [0.2, 0.25) is 0 Å². The molecule has 104 valence electrons. The van der Waals surface area contributed by atoms with Gasteiger partial charge < -0.3 is 15.5 Å². The molecule has 1 aliphatic heterocycles. The molecule has 1 aromatic rings. The third kappa shape index (κ3) is 3.41. The van der Waals surface area contributed by atoms with Crippen LogP contribution in [0.3, 0.4) is 0 Å². The first-order valence-corrected chi connectivity index (χ1v) is 6.43. The lowest BCUT2D eigenvalue weighted by Gasteiger charge is -2.29. The number of carbonyl (C=O) groups is 1. The van der Waals surface area contributed by atoms with Gasteiger partial charge in [0, 0.05) is 13.1 Å². The highest BCUT2D eigenvalue weighted by Gasteiger charge is 2.21. The first kappa shape index (κ1) is 13.7. The molecule has 0 radical (unpaired) electrons. The second-order valence-corrected chi connectivity index (χ2v) is 4.85. The Bertz CT molecular complexity index is 458. The Labute approximate surface area is 112 Å². The Morgan fingerprint density at radius 2 is 2.16 bits per heavy atom. The van der Waals surface area contributed by atoms with Crippen LogP contribution in [0.25, 0.3) is 0 Å². The van der Waals surface area contributed by atoms with E-state index in [4.69, 9.17) is 0 Å². The monoisotopic (exact) mass is 266 g/mol. The van der Waals surface area contributed by atoms with E-state index >= 15 is 0 Å². The van der Waals surface area contributed by atoms with Crippen molar-refractivity contribution in [1.29, 1.82) is 0 Å². The number of anilines is 1. The summed E-state index contributed by atoms with van der Waals surface area (Å²) in [6.45, 7) is 1.93. The molecule has 0 saturated carbocycles. The molecule has 0 aromatic carbocycles. The van der Waals surface area contributed by atoms with Crippen LogP contribution >= 0.6 is 0 Å². The van der Waals surface area contributed by atoms with E-state index in [1.807, 2.05) is 0 Å². The van der Waals surface area contributed by atoms with Crippen LogP contribution in [0.5, 0.6) is 0 Å². The van der Waals surface area contributed by atoms with E-state index in [9.17, 15) is 9.18 Å².